The van der Waals surface area contributed by atoms with Crippen LogP contribution in [-0.2, 0) is 6.54 Å². The van der Waals surface area contributed by atoms with Crippen molar-refractivity contribution < 1.29 is 27.2 Å². The number of aryl methyl sites for hydroxylation is 1. The second kappa shape index (κ2) is 13.2. The first-order valence-corrected chi connectivity index (χ1v) is 15.1. The van der Waals surface area contributed by atoms with Crippen LogP contribution in [0.3, 0.4) is 0 Å². The number of furan rings is 1. The van der Waals surface area contributed by atoms with Gasteiger partial charge in [0.1, 0.15) is 22.7 Å². The highest BCUT2D eigenvalue weighted by molar-refractivity contribution is 7.14. The van der Waals surface area contributed by atoms with Gasteiger partial charge in [0.05, 0.1) is 24.0 Å². The molecule has 13 heteroatoms. The summed E-state index contributed by atoms with van der Waals surface area (Å²) in [7, 11) is 0. The van der Waals surface area contributed by atoms with Crippen LogP contribution in [-0.4, -0.2) is 52.3 Å². The minimum absolute atomic E-state index is 0.0618. The van der Waals surface area contributed by atoms with Crippen molar-refractivity contribution in [2.75, 3.05) is 19.6 Å². The van der Waals surface area contributed by atoms with Gasteiger partial charge in [-0.15, -0.1) is 11.3 Å². The molecule has 5 aromatic rings. The molecule has 45 heavy (non-hydrogen) atoms. The van der Waals surface area contributed by atoms with Crippen LogP contribution in [0, 0.1) is 18.7 Å². The van der Waals surface area contributed by atoms with Crippen molar-refractivity contribution in [2.24, 2.45) is 11.7 Å². The number of amides is 2. The molecule has 5 rings (SSSR count). The zero-order chi connectivity index (χ0) is 32.4. The molecule has 0 saturated carbocycles. The van der Waals surface area contributed by atoms with Crippen LogP contribution >= 0.6 is 11.3 Å². The molecule has 1 unspecified atom stereocenters. The van der Waals surface area contributed by atoms with Gasteiger partial charge in [0.15, 0.2) is 0 Å². The van der Waals surface area contributed by atoms with Gasteiger partial charge in [-0.3, -0.25) is 19.0 Å². The van der Waals surface area contributed by atoms with Gasteiger partial charge in [-0.05, 0) is 55.3 Å². The zero-order valence-electron chi connectivity index (χ0n) is 24.9. The SMILES string of the molecule is Cc1ccc(C(=O)N(CCN)C(c2nc3c(oc4ccc(F)cc43)c(=O)n2Cc2ccc(C(=O)NCC(F)F)s2)C(C)C)cc1. The van der Waals surface area contributed by atoms with Gasteiger partial charge in [-0.1, -0.05) is 31.5 Å². The third-order valence-corrected chi connectivity index (χ3v) is 8.41. The summed E-state index contributed by atoms with van der Waals surface area (Å²) in [5.74, 6) is -1.55. The number of rotatable bonds is 11. The third kappa shape index (κ3) is 6.64. The van der Waals surface area contributed by atoms with Crippen molar-refractivity contribution in [1.82, 2.24) is 19.8 Å². The lowest BCUT2D eigenvalue weighted by Gasteiger charge is -2.35. The number of carbonyl (C=O) groups is 2. The van der Waals surface area contributed by atoms with Crippen LogP contribution in [0.2, 0.25) is 0 Å². The number of fused-ring (bicyclic) bond motifs is 3. The molecule has 2 amide bonds. The number of nitrogens with one attached hydrogen (secondary N) is 1. The molecule has 9 nitrogen and oxygen atoms in total. The highest BCUT2D eigenvalue weighted by atomic mass is 32.1. The van der Waals surface area contributed by atoms with Crippen molar-refractivity contribution in [3.05, 3.63) is 97.5 Å². The predicted molar refractivity (Wildman–Crippen MR) is 166 cm³/mol. The Balaban J connectivity index is 1.68. The van der Waals surface area contributed by atoms with Gasteiger partial charge < -0.3 is 20.4 Å². The summed E-state index contributed by atoms with van der Waals surface area (Å²) in [4.78, 5) is 47.8. The van der Waals surface area contributed by atoms with Crippen LogP contribution in [0.5, 0.6) is 0 Å². The Morgan fingerprint density at radius 1 is 1.11 bits per heavy atom. The lowest BCUT2D eigenvalue weighted by molar-refractivity contribution is 0.0612. The van der Waals surface area contributed by atoms with Crippen LogP contribution in [0.4, 0.5) is 13.2 Å². The Bertz CT molecular complexity index is 1920. The summed E-state index contributed by atoms with van der Waals surface area (Å²) >= 11 is 1.04. The number of hydrogen-bond acceptors (Lipinski definition) is 7. The summed E-state index contributed by atoms with van der Waals surface area (Å²) in [6.07, 6.45) is -2.70. The molecule has 236 valence electrons. The highest BCUT2D eigenvalue weighted by Crippen LogP contribution is 2.33. The number of hydrogen-bond donors (Lipinski definition) is 2. The highest BCUT2D eigenvalue weighted by Gasteiger charge is 2.33. The average Bonchev–Trinajstić information content (AvgIpc) is 3.62. The molecule has 0 fully saturated rings. The first kappa shape index (κ1) is 31.9. The lowest BCUT2D eigenvalue weighted by Crippen LogP contribution is -2.43. The topological polar surface area (TPSA) is 123 Å². The van der Waals surface area contributed by atoms with E-state index in [1.165, 1.54) is 28.8 Å². The van der Waals surface area contributed by atoms with E-state index in [9.17, 15) is 27.6 Å². The second-order valence-electron chi connectivity index (χ2n) is 11.0. The molecule has 2 aromatic carbocycles. The predicted octanol–water partition coefficient (Wildman–Crippen LogP) is 5.49. The Morgan fingerprint density at radius 2 is 1.84 bits per heavy atom. The van der Waals surface area contributed by atoms with E-state index in [0.717, 1.165) is 16.9 Å². The fraction of sp³-hybridized carbons (Fsp3) is 0.312. The quantitative estimate of drug-likeness (QED) is 0.197. The largest absolute Gasteiger partial charge is 0.448 e. The normalized spacial score (nSPS) is 12.4. The van der Waals surface area contributed by atoms with Crippen molar-refractivity contribution >= 4 is 45.2 Å². The first-order chi connectivity index (χ1) is 21.5. The Labute approximate surface area is 260 Å². The Morgan fingerprint density at radius 3 is 2.51 bits per heavy atom. The molecule has 0 aliphatic carbocycles. The zero-order valence-corrected chi connectivity index (χ0v) is 25.7. The maximum absolute atomic E-state index is 14.3. The fourth-order valence-electron chi connectivity index (χ4n) is 5.26. The second-order valence-corrected chi connectivity index (χ2v) is 12.2. The van der Waals surface area contributed by atoms with E-state index < -0.39 is 36.3 Å². The summed E-state index contributed by atoms with van der Waals surface area (Å²) in [5.41, 5.74) is 7.17. The van der Waals surface area contributed by atoms with Crippen LogP contribution in [0.15, 0.2) is 63.8 Å². The number of halogens is 3. The summed E-state index contributed by atoms with van der Waals surface area (Å²) in [6.45, 7) is 5.13. The van der Waals surface area contributed by atoms with Crippen LogP contribution in [0.25, 0.3) is 22.1 Å². The van der Waals surface area contributed by atoms with E-state index in [-0.39, 0.29) is 58.8 Å². The number of nitrogens with two attached hydrogens (primary N) is 1. The Hall–Kier alpha value is -4.49. The van der Waals surface area contributed by atoms with Gasteiger partial charge in [0, 0.05) is 28.9 Å². The minimum Gasteiger partial charge on any atom is -0.448 e. The molecule has 3 aromatic heterocycles. The van der Waals surface area contributed by atoms with Gasteiger partial charge in [0.25, 0.3) is 23.8 Å². The number of nitrogens with zero attached hydrogens (tertiary/aromatic N) is 3. The van der Waals surface area contributed by atoms with Gasteiger partial charge >= 0.3 is 0 Å². The summed E-state index contributed by atoms with van der Waals surface area (Å²) in [6, 6.07) is 13.3. The van der Waals surface area contributed by atoms with E-state index in [1.54, 1.807) is 23.1 Å². The molecular weight excluding hydrogens is 607 g/mol. The number of aromatic nitrogens is 2. The van der Waals surface area contributed by atoms with Crippen molar-refractivity contribution in [3.8, 4) is 0 Å². The van der Waals surface area contributed by atoms with E-state index in [0.29, 0.717) is 15.8 Å². The minimum atomic E-state index is -2.70. The molecule has 1 atom stereocenters. The van der Waals surface area contributed by atoms with E-state index in [1.807, 2.05) is 32.9 Å². The number of alkyl halides is 2. The van der Waals surface area contributed by atoms with E-state index in [4.69, 9.17) is 15.1 Å². The van der Waals surface area contributed by atoms with Crippen molar-refractivity contribution in [1.29, 1.82) is 0 Å². The molecule has 0 radical (unpaired) electrons. The first-order valence-electron chi connectivity index (χ1n) is 14.3. The third-order valence-electron chi connectivity index (χ3n) is 7.34. The average molecular weight is 640 g/mol. The summed E-state index contributed by atoms with van der Waals surface area (Å²) < 4.78 is 46.8. The molecule has 3 N–H and O–H groups in total. The molecular formula is C32H32F3N5O4S. The molecule has 0 saturated heterocycles. The number of benzene rings is 2. The number of thiophene rings is 1. The smallest absolute Gasteiger partial charge is 0.297 e. The molecule has 0 aliphatic rings. The van der Waals surface area contributed by atoms with E-state index >= 15 is 0 Å². The van der Waals surface area contributed by atoms with Crippen LogP contribution < -0.4 is 16.6 Å². The molecule has 0 spiro atoms. The van der Waals surface area contributed by atoms with Gasteiger partial charge in [0.2, 0.25) is 5.58 Å². The van der Waals surface area contributed by atoms with E-state index in [2.05, 4.69) is 5.32 Å². The monoisotopic (exact) mass is 639 g/mol. The summed E-state index contributed by atoms with van der Waals surface area (Å²) in [5, 5.41) is 2.48. The molecule has 3 heterocycles. The molecule has 0 aliphatic heterocycles. The van der Waals surface area contributed by atoms with Crippen LogP contribution in [0.1, 0.15) is 56.2 Å². The lowest BCUT2D eigenvalue weighted by atomic mass is 9.99. The fourth-order valence-corrected chi connectivity index (χ4v) is 6.17. The Kier molecular flexibility index (Phi) is 9.40. The van der Waals surface area contributed by atoms with Gasteiger partial charge in [-0.2, -0.15) is 0 Å². The maximum atomic E-state index is 14.3. The van der Waals surface area contributed by atoms with Gasteiger partial charge in [-0.25, -0.2) is 18.2 Å². The number of carbonyl (C=O) groups excluding carboxylic acids is 2. The van der Waals surface area contributed by atoms with Crippen molar-refractivity contribution in [2.45, 2.75) is 39.8 Å². The maximum Gasteiger partial charge on any atom is 0.297 e. The standard InChI is InChI=1S/C32H32F3N5O4S/c1-17(2)27(39(13-12-36)31(42)19-6-4-18(3)5-7-19)29-38-26-22-14-20(33)8-10-23(22)44-28(26)32(43)40(29)16-21-9-11-24(45-21)30(41)37-15-25(34)35/h4-11,14,17,25,27H,12-13,15-16,36H2,1-3H3,(H,37,41). The van der Waals surface area contributed by atoms with Crippen molar-refractivity contribution in [3.63, 3.8) is 0 Å². The molecule has 0 bridgehead atoms.